The zero-order valence-electron chi connectivity index (χ0n) is 13.7. The zero-order valence-corrected chi connectivity index (χ0v) is 15.3. The van der Waals surface area contributed by atoms with E-state index in [4.69, 9.17) is 0 Å². The van der Waals surface area contributed by atoms with E-state index in [1.165, 1.54) is 0 Å². The molecule has 8 heteroatoms. The maximum Gasteiger partial charge on any atom is 0.256 e. The Bertz CT molecular complexity index is 682. The number of anilines is 1. The van der Waals surface area contributed by atoms with Gasteiger partial charge in [-0.1, -0.05) is 12.1 Å². The molecule has 2 saturated heterocycles. The summed E-state index contributed by atoms with van der Waals surface area (Å²) in [5.74, 6) is -0.0930. The van der Waals surface area contributed by atoms with Crippen molar-refractivity contribution >= 4 is 34.0 Å². The molecule has 2 fully saturated rings. The molecule has 0 saturated carbocycles. The maximum atomic E-state index is 13.1. The number of hydrogen-bond donors (Lipinski definition) is 2. The largest absolute Gasteiger partial charge is 0.331 e. The Morgan fingerprint density at radius 3 is 2.71 bits per heavy atom. The van der Waals surface area contributed by atoms with Crippen molar-refractivity contribution in [3.8, 4) is 0 Å². The number of carbonyl (C=O) groups is 1. The molecule has 0 radical (unpaired) electrons. The van der Waals surface area contributed by atoms with Crippen LogP contribution in [-0.2, 0) is 10.0 Å². The first-order chi connectivity index (χ1) is 11.0. The average Bonchev–Trinajstić information content (AvgIpc) is 2.80. The number of para-hydroxylation sites is 1. The number of amides is 1. The molecule has 2 aliphatic heterocycles. The van der Waals surface area contributed by atoms with Gasteiger partial charge >= 0.3 is 0 Å². The topological polar surface area (TPSA) is 78.5 Å². The van der Waals surface area contributed by atoms with Crippen LogP contribution >= 0.6 is 12.4 Å². The number of fused-ring (bicyclic) bond motifs is 2. The van der Waals surface area contributed by atoms with Crippen LogP contribution in [0.2, 0.25) is 0 Å². The number of sulfonamides is 1. The molecule has 2 atom stereocenters. The van der Waals surface area contributed by atoms with Gasteiger partial charge in [-0.3, -0.25) is 9.52 Å². The van der Waals surface area contributed by atoms with E-state index >= 15 is 0 Å². The fourth-order valence-electron chi connectivity index (χ4n) is 3.45. The Labute approximate surface area is 149 Å². The van der Waals surface area contributed by atoms with E-state index in [9.17, 15) is 13.2 Å². The quantitative estimate of drug-likeness (QED) is 0.844. The SMILES string of the molecule is CCS(=O)(=O)Nc1ccccc1C(=O)N1C2CCNCC1CC2.Cl. The van der Waals surface area contributed by atoms with E-state index in [-0.39, 0.29) is 36.2 Å². The lowest BCUT2D eigenvalue weighted by Gasteiger charge is -2.28. The van der Waals surface area contributed by atoms with Gasteiger partial charge in [-0.2, -0.15) is 0 Å². The fourth-order valence-corrected chi connectivity index (χ4v) is 4.11. The van der Waals surface area contributed by atoms with Crippen molar-refractivity contribution in [1.29, 1.82) is 0 Å². The molecule has 1 amide bonds. The summed E-state index contributed by atoms with van der Waals surface area (Å²) in [6, 6.07) is 7.31. The van der Waals surface area contributed by atoms with Gasteiger partial charge < -0.3 is 10.2 Å². The third-order valence-electron chi connectivity index (χ3n) is 4.69. The standard InChI is InChI=1S/C16H23N3O3S.ClH/c1-2-23(21,22)18-15-6-4-3-5-14(15)16(20)19-12-7-8-13(19)11-17-10-9-12;/h3-6,12-13,17-18H,2,7-11H2,1H3;1H. The van der Waals surface area contributed by atoms with Gasteiger partial charge in [-0.25, -0.2) is 8.42 Å². The molecular formula is C16H24ClN3O3S. The third-order valence-corrected chi connectivity index (χ3v) is 5.98. The molecule has 0 aliphatic carbocycles. The van der Waals surface area contributed by atoms with E-state index in [0.717, 1.165) is 32.4 Å². The second-order valence-corrected chi connectivity index (χ2v) is 8.15. The molecule has 2 N–H and O–H groups in total. The van der Waals surface area contributed by atoms with Crippen molar-refractivity contribution in [1.82, 2.24) is 10.2 Å². The lowest BCUT2D eigenvalue weighted by molar-refractivity contribution is 0.0681. The molecular weight excluding hydrogens is 350 g/mol. The van der Waals surface area contributed by atoms with Crippen LogP contribution in [0.1, 0.15) is 36.5 Å². The Morgan fingerprint density at radius 1 is 1.25 bits per heavy atom. The van der Waals surface area contributed by atoms with E-state index in [2.05, 4.69) is 10.0 Å². The van der Waals surface area contributed by atoms with Crippen LogP contribution in [0.5, 0.6) is 0 Å². The van der Waals surface area contributed by atoms with Crippen LogP contribution in [0.15, 0.2) is 24.3 Å². The van der Waals surface area contributed by atoms with Gasteiger partial charge in [0.25, 0.3) is 5.91 Å². The van der Waals surface area contributed by atoms with Crippen LogP contribution in [0.3, 0.4) is 0 Å². The molecule has 2 heterocycles. The first kappa shape index (κ1) is 19.0. The summed E-state index contributed by atoms with van der Waals surface area (Å²) in [6.07, 6.45) is 2.98. The second-order valence-electron chi connectivity index (χ2n) is 6.14. The molecule has 134 valence electrons. The second kappa shape index (κ2) is 7.72. The molecule has 3 rings (SSSR count). The maximum absolute atomic E-state index is 13.1. The highest BCUT2D eigenvalue weighted by Crippen LogP contribution is 2.31. The van der Waals surface area contributed by atoms with Crippen molar-refractivity contribution in [2.24, 2.45) is 0 Å². The summed E-state index contributed by atoms with van der Waals surface area (Å²) in [7, 11) is -3.41. The summed E-state index contributed by atoms with van der Waals surface area (Å²) in [4.78, 5) is 15.0. The highest BCUT2D eigenvalue weighted by Gasteiger charge is 2.38. The van der Waals surface area contributed by atoms with Crippen molar-refractivity contribution < 1.29 is 13.2 Å². The number of carbonyl (C=O) groups excluding carboxylic acids is 1. The minimum absolute atomic E-state index is 0. The van der Waals surface area contributed by atoms with Gasteiger partial charge in [0.15, 0.2) is 0 Å². The summed E-state index contributed by atoms with van der Waals surface area (Å²) in [5, 5.41) is 3.37. The summed E-state index contributed by atoms with van der Waals surface area (Å²) in [5.41, 5.74) is 0.805. The summed E-state index contributed by atoms with van der Waals surface area (Å²) in [6.45, 7) is 3.31. The van der Waals surface area contributed by atoms with E-state index < -0.39 is 10.0 Å². The Balaban J connectivity index is 0.00000208. The Morgan fingerprint density at radius 2 is 1.96 bits per heavy atom. The summed E-state index contributed by atoms with van der Waals surface area (Å²) >= 11 is 0. The van der Waals surface area contributed by atoms with Crippen LogP contribution in [0.4, 0.5) is 5.69 Å². The number of rotatable bonds is 4. The first-order valence-electron chi connectivity index (χ1n) is 8.14. The van der Waals surface area contributed by atoms with Crippen molar-refractivity contribution in [2.45, 2.75) is 38.3 Å². The van der Waals surface area contributed by atoms with E-state index in [1.807, 2.05) is 4.90 Å². The minimum atomic E-state index is -3.41. The van der Waals surface area contributed by atoms with E-state index in [0.29, 0.717) is 11.3 Å². The van der Waals surface area contributed by atoms with Gasteiger partial charge in [-0.05, 0) is 44.9 Å². The predicted octanol–water partition coefficient (Wildman–Crippen LogP) is 1.84. The van der Waals surface area contributed by atoms with Crippen molar-refractivity contribution in [3.63, 3.8) is 0 Å². The van der Waals surface area contributed by atoms with Gasteiger partial charge in [0.1, 0.15) is 0 Å². The van der Waals surface area contributed by atoms with Crippen molar-refractivity contribution in [3.05, 3.63) is 29.8 Å². The van der Waals surface area contributed by atoms with Crippen LogP contribution in [-0.4, -0.2) is 50.2 Å². The number of halogens is 1. The van der Waals surface area contributed by atoms with Gasteiger partial charge in [0.2, 0.25) is 10.0 Å². The number of nitrogens with zero attached hydrogens (tertiary/aromatic N) is 1. The zero-order chi connectivity index (χ0) is 16.4. The molecule has 2 unspecified atom stereocenters. The van der Waals surface area contributed by atoms with Gasteiger partial charge in [-0.15, -0.1) is 12.4 Å². The van der Waals surface area contributed by atoms with Crippen LogP contribution in [0, 0.1) is 0 Å². The fraction of sp³-hybridized carbons (Fsp3) is 0.562. The van der Waals surface area contributed by atoms with Gasteiger partial charge in [0.05, 0.1) is 17.0 Å². The molecule has 0 aromatic heterocycles. The number of nitrogens with one attached hydrogen (secondary N) is 2. The molecule has 2 aliphatic rings. The third kappa shape index (κ3) is 3.84. The highest BCUT2D eigenvalue weighted by molar-refractivity contribution is 7.92. The lowest BCUT2D eigenvalue weighted by Crippen LogP contribution is -2.42. The first-order valence-corrected chi connectivity index (χ1v) is 9.80. The normalized spacial score (nSPS) is 23.3. The van der Waals surface area contributed by atoms with E-state index in [1.54, 1.807) is 31.2 Å². The monoisotopic (exact) mass is 373 g/mol. The molecule has 24 heavy (non-hydrogen) atoms. The lowest BCUT2D eigenvalue weighted by atomic mass is 10.1. The molecule has 2 bridgehead atoms. The molecule has 1 aromatic rings. The van der Waals surface area contributed by atoms with Crippen molar-refractivity contribution in [2.75, 3.05) is 23.6 Å². The number of hydrogen-bond acceptors (Lipinski definition) is 4. The molecule has 6 nitrogen and oxygen atoms in total. The highest BCUT2D eigenvalue weighted by atomic mass is 35.5. The smallest absolute Gasteiger partial charge is 0.256 e. The summed E-state index contributed by atoms with van der Waals surface area (Å²) < 4.78 is 26.3. The Kier molecular flexibility index (Phi) is 6.11. The molecule has 1 aromatic carbocycles. The average molecular weight is 374 g/mol. The predicted molar refractivity (Wildman–Crippen MR) is 97.2 cm³/mol. The number of benzene rings is 1. The van der Waals surface area contributed by atoms with Gasteiger partial charge in [0, 0.05) is 18.6 Å². The van der Waals surface area contributed by atoms with Crippen LogP contribution in [0.25, 0.3) is 0 Å². The van der Waals surface area contributed by atoms with Crippen LogP contribution < -0.4 is 10.0 Å². The molecule has 0 spiro atoms. The minimum Gasteiger partial charge on any atom is -0.331 e. The Hall–Kier alpha value is -1.31.